The monoisotopic (exact) mass is 216 g/mol. The molecular formula is C10H17Br. The molecule has 1 fully saturated rings. The minimum Gasteiger partial charge on any atom is -0.0999 e. The van der Waals surface area contributed by atoms with E-state index in [1.54, 1.807) is 0 Å². The molecule has 0 aliphatic heterocycles. The fourth-order valence-electron chi connectivity index (χ4n) is 1.74. The summed E-state index contributed by atoms with van der Waals surface area (Å²) < 4.78 is 0. The molecule has 11 heavy (non-hydrogen) atoms. The highest BCUT2D eigenvalue weighted by atomic mass is 79.9. The van der Waals surface area contributed by atoms with Crippen LogP contribution in [0.4, 0.5) is 0 Å². The van der Waals surface area contributed by atoms with Gasteiger partial charge in [0.1, 0.15) is 0 Å². The Bertz CT molecular complexity index is 140. The molecule has 2 unspecified atom stereocenters. The van der Waals surface area contributed by atoms with Crippen molar-refractivity contribution in [1.82, 2.24) is 0 Å². The summed E-state index contributed by atoms with van der Waals surface area (Å²) >= 11 is 3.72. The van der Waals surface area contributed by atoms with Crippen LogP contribution in [0.15, 0.2) is 12.2 Å². The van der Waals surface area contributed by atoms with E-state index in [9.17, 15) is 0 Å². The lowest BCUT2D eigenvalue weighted by Gasteiger charge is -2.14. The Morgan fingerprint density at radius 1 is 1.55 bits per heavy atom. The molecule has 0 radical (unpaired) electrons. The van der Waals surface area contributed by atoms with Crippen LogP contribution in [0.25, 0.3) is 0 Å². The summed E-state index contributed by atoms with van der Waals surface area (Å²) in [7, 11) is 0. The van der Waals surface area contributed by atoms with Gasteiger partial charge in [-0.2, -0.15) is 0 Å². The van der Waals surface area contributed by atoms with Crippen LogP contribution in [0.5, 0.6) is 0 Å². The maximum Gasteiger partial charge on any atom is 0.0177 e. The lowest BCUT2D eigenvalue weighted by Crippen LogP contribution is -2.06. The van der Waals surface area contributed by atoms with Crippen molar-refractivity contribution in [2.45, 2.75) is 43.9 Å². The Kier molecular flexibility index (Phi) is 3.64. The molecule has 0 aromatic carbocycles. The smallest absolute Gasteiger partial charge is 0.0177 e. The van der Waals surface area contributed by atoms with Crippen LogP contribution < -0.4 is 0 Å². The quantitative estimate of drug-likeness (QED) is 0.496. The first-order valence-electron chi connectivity index (χ1n) is 4.54. The Balaban J connectivity index is 2.30. The van der Waals surface area contributed by atoms with Crippen molar-refractivity contribution in [2.24, 2.45) is 5.92 Å². The Labute approximate surface area is 78.2 Å². The molecule has 0 aromatic heterocycles. The highest BCUT2D eigenvalue weighted by molar-refractivity contribution is 9.09. The standard InChI is InChI=1S/C10H17Br/c1-3-8(2)7-9-5-4-6-10(9)11/h9-10H,2-7H2,1H3. The van der Waals surface area contributed by atoms with Crippen LogP contribution in [-0.2, 0) is 0 Å². The zero-order valence-electron chi connectivity index (χ0n) is 7.28. The minimum absolute atomic E-state index is 0.769. The average Bonchev–Trinajstić information content (AvgIpc) is 2.37. The molecule has 0 saturated heterocycles. The lowest BCUT2D eigenvalue weighted by atomic mass is 9.98. The first-order valence-corrected chi connectivity index (χ1v) is 5.46. The molecular weight excluding hydrogens is 200 g/mol. The topological polar surface area (TPSA) is 0 Å². The van der Waals surface area contributed by atoms with Gasteiger partial charge in [-0.1, -0.05) is 41.4 Å². The zero-order valence-corrected chi connectivity index (χ0v) is 8.86. The maximum atomic E-state index is 4.05. The van der Waals surface area contributed by atoms with Crippen LogP contribution in [0.1, 0.15) is 39.0 Å². The number of alkyl halides is 1. The predicted molar refractivity (Wildman–Crippen MR) is 54.1 cm³/mol. The SMILES string of the molecule is C=C(CC)CC1CCCC1Br. The van der Waals surface area contributed by atoms with Gasteiger partial charge in [0.2, 0.25) is 0 Å². The van der Waals surface area contributed by atoms with Crippen molar-refractivity contribution in [2.75, 3.05) is 0 Å². The molecule has 1 saturated carbocycles. The van der Waals surface area contributed by atoms with Gasteiger partial charge in [0, 0.05) is 4.83 Å². The van der Waals surface area contributed by atoms with Crippen LogP contribution in [0.2, 0.25) is 0 Å². The second kappa shape index (κ2) is 4.30. The third kappa shape index (κ3) is 2.62. The Hall–Kier alpha value is 0.220. The van der Waals surface area contributed by atoms with Gasteiger partial charge in [-0.3, -0.25) is 0 Å². The summed E-state index contributed by atoms with van der Waals surface area (Å²) in [4.78, 5) is 0.769. The van der Waals surface area contributed by atoms with E-state index >= 15 is 0 Å². The molecule has 0 bridgehead atoms. The third-order valence-electron chi connectivity index (χ3n) is 2.62. The molecule has 1 heteroatoms. The van der Waals surface area contributed by atoms with Crippen molar-refractivity contribution in [3.8, 4) is 0 Å². The van der Waals surface area contributed by atoms with Crippen molar-refractivity contribution in [3.05, 3.63) is 12.2 Å². The predicted octanol–water partition coefficient (Wildman–Crippen LogP) is 3.91. The maximum absolute atomic E-state index is 4.05. The van der Waals surface area contributed by atoms with Gasteiger partial charge >= 0.3 is 0 Å². The molecule has 1 rings (SSSR count). The van der Waals surface area contributed by atoms with Gasteiger partial charge < -0.3 is 0 Å². The highest BCUT2D eigenvalue weighted by Crippen LogP contribution is 2.35. The highest BCUT2D eigenvalue weighted by Gasteiger charge is 2.24. The van der Waals surface area contributed by atoms with E-state index in [1.165, 1.54) is 31.3 Å². The Morgan fingerprint density at radius 3 is 2.73 bits per heavy atom. The fraction of sp³-hybridized carbons (Fsp3) is 0.800. The van der Waals surface area contributed by atoms with Crippen LogP contribution in [0.3, 0.4) is 0 Å². The average molecular weight is 217 g/mol. The van der Waals surface area contributed by atoms with Crippen molar-refractivity contribution >= 4 is 15.9 Å². The number of allylic oxidation sites excluding steroid dienone is 1. The van der Waals surface area contributed by atoms with Gasteiger partial charge in [-0.05, 0) is 31.6 Å². The van der Waals surface area contributed by atoms with E-state index in [0.717, 1.165) is 17.2 Å². The number of hydrogen-bond acceptors (Lipinski definition) is 0. The first-order chi connectivity index (χ1) is 5.24. The Morgan fingerprint density at radius 2 is 2.27 bits per heavy atom. The molecule has 2 atom stereocenters. The number of hydrogen-bond donors (Lipinski definition) is 0. The normalized spacial score (nSPS) is 30.7. The van der Waals surface area contributed by atoms with E-state index in [1.807, 2.05) is 0 Å². The molecule has 0 spiro atoms. The minimum atomic E-state index is 0.769. The second-order valence-electron chi connectivity index (χ2n) is 3.51. The van der Waals surface area contributed by atoms with Gasteiger partial charge in [-0.15, -0.1) is 0 Å². The first kappa shape index (κ1) is 9.31. The zero-order chi connectivity index (χ0) is 8.27. The second-order valence-corrected chi connectivity index (χ2v) is 4.69. The summed E-state index contributed by atoms with van der Waals surface area (Å²) in [5.74, 6) is 0.877. The largest absolute Gasteiger partial charge is 0.0999 e. The summed E-state index contributed by atoms with van der Waals surface area (Å²) in [5.41, 5.74) is 1.42. The molecule has 0 heterocycles. The van der Waals surface area contributed by atoms with Crippen LogP contribution in [-0.4, -0.2) is 4.83 Å². The fourth-order valence-corrected chi connectivity index (χ4v) is 2.51. The van der Waals surface area contributed by atoms with E-state index < -0.39 is 0 Å². The van der Waals surface area contributed by atoms with Gasteiger partial charge in [0.25, 0.3) is 0 Å². The third-order valence-corrected chi connectivity index (χ3v) is 3.82. The molecule has 1 aliphatic carbocycles. The summed E-state index contributed by atoms with van der Waals surface area (Å²) in [6, 6.07) is 0. The molecule has 64 valence electrons. The van der Waals surface area contributed by atoms with E-state index in [0.29, 0.717) is 0 Å². The molecule has 0 amide bonds. The molecule has 0 N–H and O–H groups in total. The van der Waals surface area contributed by atoms with Crippen molar-refractivity contribution in [3.63, 3.8) is 0 Å². The lowest BCUT2D eigenvalue weighted by molar-refractivity contribution is 0.553. The van der Waals surface area contributed by atoms with Crippen LogP contribution in [0, 0.1) is 5.92 Å². The number of halogens is 1. The number of rotatable bonds is 3. The van der Waals surface area contributed by atoms with E-state index in [-0.39, 0.29) is 0 Å². The van der Waals surface area contributed by atoms with Gasteiger partial charge in [0.15, 0.2) is 0 Å². The molecule has 0 nitrogen and oxygen atoms in total. The van der Waals surface area contributed by atoms with Crippen molar-refractivity contribution in [1.29, 1.82) is 0 Å². The van der Waals surface area contributed by atoms with E-state index in [4.69, 9.17) is 0 Å². The molecule has 1 aliphatic rings. The van der Waals surface area contributed by atoms with Crippen molar-refractivity contribution < 1.29 is 0 Å². The van der Waals surface area contributed by atoms with E-state index in [2.05, 4.69) is 29.4 Å². The summed E-state index contributed by atoms with van der Waals surface area (Å²) in [5, 5.41) is 0. The molecule has 0 aromatic rings. The van der Waals surface area contributed by atoms with Gasteiger partial charge in [0.05, 0.1) is 0 Å². The summed E-state index contributed by atoms with van der Waals surface area (Å²) in [6.07, 6.45) is 6.55. The summed E-state index contributed by atoms with van der Waals surface area (Å²) in [6.45, 7) is 6.25. The van der Waals surface area contributed by atoms with Crippen LogP contribution >= 0.6 is 15.9 Å². The van der Waals surface area contributed by atoms with Gasteiger partial charge in [-0.25, -0.2) is 0 Å².